The van der Waals surface area contributed by atoms with Crippen LogP contribution in [0.1, 0.15) is 10.4 Å². The van der Waals surface area contributed by atoms with E-state index >= 15 is 0 Å². The maximum Gasteiger partial charge on any atom is 0.249 e. The first-order valence-electron chi connectivity index (χ1n) is 7.63. The van der Waals surface area contributed by atoms with Crippen LogP contribution in [0.15, 0.2) is 66.7 Å². The van der Waals surface area contributed by atoms with Gasteiger partial charge in [0.2, 0.25) is 5.91 Å². The summed E-state index contributed by atoms with van der Waals surface area (Å²) < 4.78 is 0. The smallest absolute Gasteiger partial charge is 0.249 e. The molecule has 4 nitrogen and oxygen atoms in total. The predicted octanol–water partition coefficient (Wildman–Crippen LogP) is 3.74. The third-order valence-corrected chi connectivity index (χ3v) is 4.24. The molecule has 1 amide bonds. The van der Waals surface area contributed by atoms with Crippen molar-refractivity contribution in [1.29, 1.82) is 0 Å². The number of nitrogens with zero attached hydrogens (tertiary/aromatic N) is 1. The van der Waals surface area contributed by atoms with Crippen molar-refractivity contribution >= 4 is 33.4 Å². The van der Waals surface area contributed by atoms with Crippen molar-refractivity contribution in [3.63, 3.8) is 0 Å². The van der Waals surface area contributed by atoms with E-state index in [1.807, 2.05) is 54.6 Å². The highest BCUT2D eigenvalue weighted by Gasteiger charge is 2.14. The van der Waals surface area contributed by atoms with Gasteiger partial charge in [-0.2, -0.15) is 0 Å². The molecule has 4 N–H and O–H groups in total. The number of para-hydroxylation sites is 2. The highest BCUT2D eigenvalue weighted by molar-refractivity contribution is 6.12. The minimum atomic E-state index is -0.462. The monoisotopic (exact) mass is 313 g/mol. The molecule has 0 unspecified atom stereocenters. The Balaban J connectivity index is 2.13. The van der Waals surface area contributed by atoms with Crippen LogP contribution in [0.5, 0.6) is 0 Å². The second-order valence-corrected chi connectivity index (χ2v) is 5.65. The van der Waals surface area contributed by atoms with Gasteiger partial charge >= 0.3 is 0 Å². The maximum absolute atomic E-state index is 11.8. The van der Waals surface area contributed by atoms with Crippen molar-refractivity contribution in [2.45, 2.75) is 0 Å². The fourth-order valence-corrected chi connectivity index (χ4v) is 3.10. The molecule has 116 valence electrons. The quantitative estimate of drug-likeness (QED) is 0.553. The lowest BCUT2D eigenvalue weighted by Crippen LogP contribution is -2.12. The van der Waals surface area contributed by atoms with Gasteiger partial charge in [-0.1, -0.05) is 54.6 Å². The van der Waals surface area contributed by atoms with Crippen LogP contribution >= 0.6 is 0 Å². The third kappa shape index (κ3) is 2.08. The molecule has 1 heterocycles. The van der Waals surface area contributed by atoms with Crippen molar-refractivity contribution in [2.24, 2.45) is 5.73 Å². The number of nitrogen functional groups attached to an aromatic ring is 1. The molecule has 4 heteroatoms. The second kappa shape index (κ2) is 5.35. The zero-order chi connectivity index (χ0) is 16.7. The van der Waals surface area contributed by atoms with E-state index in [4.69, 9.17) is 16.5 Å². The molecule has 4 rings (SSSR count). The van der Waals surface area contributed by atoms with E-state index in [-0.39, 0.29) is 0 Å². The Kier molecular flexibility index (Phi) is 3.17. The second-order valence-electron chi connectivity index (χ2n) is 5.65. The average molecular weight is 313 g/mol. The summed E-state index contributed by atoms with van der Waals surface area (Å²) in [7, 11) is 0. The van der Waals surface area contributed by atoms with E-state index in [0.717, 1.165) is 32.9 Å². The third-order valence-electron chi connectivity index (χ3n) is 4.24. The van der Waals surface area contributed by atoms with Crippen molar-refractivity contribution < 1.29 is 4.79 Å². The van der Waals surface area contributed by atoms with E-state index in [0.29, 0.717) is 11.3 Å². The number of primary amides is 1. The summed E-state index contributed by atoms with van der Waals surface area (Å²) in [5, 5.41) is 1.79. The zero-order valence-electron chi connectivity index (χ0n) is 12.9. The first-order valence-corrected chi connectivity index (χ1v) is 7.63. The number of hydrogen-bond donors (Lipinski definition) is 2. The Morgan fingerprint density at radius 2 is 1.46 bits per heavy atom. The Labute approximate surface area is 138 Å². The Morgan fingerprint density at radius 3 is 2.29 bits per heavy atom. The van der Waals surface area contributed by atoms with E-state index in [1.165, 1.54) is 0 Å². The van der Waals surface area contributed by atoms with Crippen LogP contribution in [0.3, 0.4) is 0 Å². The summed E-state index contributed by atoms with van der Waals surface area (Å²) in [4.78, 5) is 16.6. The minimum Gasteiger partial charge on any atom is -0.398 e. The number of nitrogens with two attached hydrogens (primary N) is 2. The van der Waals surface area contributed by atoms with E-state index < -0.39 is 5.91 Å². The largest absolute Gasteiger partial charge is 0.398 e. The van der Waals surface area contributed by atoms with E-state index in [2.05, 4.69) is 0 Å². The Morgan fingerprint density at radius 1 is 0.792 bits per heavy atom. The number of anilines is 1. The minimum absolute atomic E-state index is 0.462. The molecule has 3 aromatic carbocycles. The van der Waals surface area contributed by atoms with Crippen LogP contribution in [-0.4, -0.2) is 10.9 Å². The normalized spacial score (nSPS) is 11.0. The van der Waals surface area contributed by atoms with E-state index in [1.54, 1.807) is 12.1 Å². The molecular formula is C20H15N3O. The van der Waals surface area contributed by atoms with Gasteiger partial charge in [0.15, 0.2) is 0 Å². The standard InChI is InChI=1S/C20H15N3O/c21-18-15-8-3-4-11-17(15)23-19-13(9-5-10-16(18)19)12-6-1-2-7-14(12)20(22)24/h1-11H,(H2,21,23)(H2,22,24). The number of fused-ring (bicyclic) bond motifs is 2. The van der Waals surface area contributed by atoms with Crippen LogP contribution in [-0.2, 0) is 0 Å². The van der Waals surface area contributed by atoms with Gasteiger partial charge in [0.25, 0.3) is 0 Å². The van der Waals surface area contributed by atoms with Crippen molar-refractivity contribution in [1.82, 2.24) is 4.98 Å². The predicted molar refractivity (Wildman–Crippen MR) is 97.6 cm³/mol. The summed E-state index contributed by atoms with van der Waals surface area (Å²) in [5.74, 6) is -0.462. The maximum atomic E-state index is 11.8. The summed E-state index contributed by atoms with van der Waals surface area (Å²) in [6, 6.07) is 20.8. The van der Waals surface area contributed by atoms with Gasteiger partial charge < -0.3 is 11.5 Å². The molecule has 0 bridgehead atoms. The molecule has 0 spiro atoms. The lowest BCUT2D eigenvalue weighted by atomic mass is 9.95. The lowest BCUT2D eigenvalue weighted by Gasteiger charge is -2.12. The number of amides is 1. The van der Waals surface area contributed by atoms with Gasteiger partial charge in [-0.15, -0.1) is 0 Å². The van der Waals surface area contributed by atoms with Crippen molar-refractivity contribution in [3.8, 4) is 11.1 Å². The molecule has 1 aromatic heterocycles. The number of benzene rings is 3. The number of carbonyl (C=O) groups is 1. The average Bonchev–Trinajstić information content (AvgIpc) is 2.61. The highest BCUT2D eigenvalue weighted by Crippen LogP contribution is 2.35. The van der Waals surface area contributed by atoms with Crippen LogP contribution < -0.4 is 11.5 Å². The van der Waals surface area contributed by atoms with Gasteiger partial charge in [-0.3, -0.25) is 4.79 Å². The van der Waals surface area contributed by atoms with Gasteiger partial charge in [0.1, 0.15) is 0 Å². The molecule has 0 fully saturated rings. The van der Waals surface area contributed by atoms with E-state index in [9.17, 15) is 4.79 Å². The molecule has 24 heavy (non-hydrogen) atoms. The van der Waals surface area contributed by atoms with Crippen LogP contribution in [0.2, 0.25) is 0 Å². The Hall–Kier alpha value is -3.40. The highest BCUT2D eigenvalue weighted by atomic mass is 16.1. The molecule has 4 aromatic rings. The van der Waals surface area contributed by atoms with Gasteiger partial charge in [0.05, 0.1) is 16.7 Å². The zero-order valence-corrected chi connectivity index (χ0v) is 12.9. The molecule has 0 radical (unpaired) electrons. The Bertz CT molecular complexity index is 1100. The van der Waals surface area contributed by atoms with Crippen molar-refractivity contribution in [3.05, 3.63) is 72.3 Å². The van der Waals surface area contributed by atoms with Crippen LogP contribution in [0, 0.1) is 0 Å². The fraction of sp³-hybridized carbons (Fsp3) is 0. The number of carbonyl (C=O) groups excluding carboxylic acids is 1. The SMILES string of the molecule is NC(=O)c1ccccc1-c1cccc2c(N)c3ccccc3nc12. The van der Waals surface area contributed by atoms with Gasteiger partial charge in [-0.05, 0) is 17.7 Å². The molecule has 0 aliphatic heterocycles. The number of rotatable bonds is 2. The van der Waals surface area contributed by atoms with Gasteiger partial charge in [0, 0.05) is 21.9 Å². The summed E-state index contributed by atoms with van der Waals surface area (Å²) >= 11 is 0. The van der Waals surface area contributed by atoms with Crippen molar-refractivity contribution in [2.75, 3.05) is 5.73 Å². The first kappa shape index (κ1) is 14.2. The van der Waals surface area contributed by atoms with Crippen LogP contribution in [0.4, 0.5) is 5.69 Å². The molecule has 0 aliphatic rings. The summed E-state index contributed by atoms with van der Waals surface area (Å²) in [6.45, 7) is 0. The summed E-state index contributed by atoms with van der Waals surface area (Å²) in [6.07, 6.45) is 0. The van der Waals surface area contributed by atoms with Crippen LogP contribution in [0.25, 0.3) is 32.9 Å². The number of pyridine rings is 1. The number of aromatic nitrogens is 1. The first-order chi connectivity index (χ1) is 11.7. The molecule has 0 aliphatic carbocycles. The molecule has 0 atom stereocenters. The molecular weight excluding hydrogens is 298 g/mol. The lowest BCUT2D eigenvalue weighted by molar-refractivity contribution is 0.100. The molecule has 0 saturated heterocycles. The van der Waals surface area contributed by atoms with Gasteiger partial charge in [-0.25, -0.2) is 4.98 Å². The fourth-order valence-electron chi connectivity index (χ4n) is 3.10. The summed E-state index contributed by atoms with van der Waals surface area (Å²) in [5.41, 5.74) is 16.3. The number of hydrogen-bond acceptors (Lipinski definition) is 3. The molecule has 0 saturated carbocycles. The topological polar surface area (TPSA) is 82.0 Å².